The van der Waals surface area contributed by atoms with E-state index >= 15 is 0 Å². The van der Waals surface area contributed by atoms with E-state index in [1.165, 1.54) is 36.6 Å². The average Bonchev–Trinajstić information content (AvgIpc) is 2.61. The predicted octanol–water partition coefficient (Wildman–Crippen LogP) is 3.03. The average molecular weight is 282 g/mol. The highest BCUT2D eigenvalue weighted by molar-refractivity contribution is 7.99. The molecule has 19 heavy (non-hydrogen) atoms. The fraction of sp³-hybridized carbons (Fsp3) is 0.733. The summed E-state index contributed by atoms with van der Waals surface area (Å²) in [5.41, 5.74) is 1.28. The normalized spacial score (nSPS) is 17.6. The molecule has 0 bridgehead atoms. The van der Waals surface area contributed by atoms with E-state index in [4.69, 9.17) is 4.42 Å². The van der Waals surface area contributed by atoms with Gasteiger partial charge in [0.1, 0.15) is 11.5 Å². The highest BCUT2D eigenvalue weighted by Gasteiger charge is 2.13. The Balaban J connectivity index is 1.87. The molecule has 108 valence electrons. The third-order valence-corrected chi connectivity index (χ3v) is 4.53. The molecular weight excluding hydrogens is 256 g/mol. The lowest BCUT2D eigenvalue weighted by molar-refractivity contribution is 0.258. The number of nitrogens with one attached hydrogen (secondary N) is 1. The first kappa shape index (κ1) is 14.9. The molecule has 1 saturated heterocycles. The van der Waals surface area contributed by atoms with Crippen LogP contribution in [0.15, 0.2) is 10.5 Å². The summed E-state index contributed by atoms with van der Waals surface area (Å²) in [6, 6.07) is 2.21. The van der Waals surface area contributed by atoms with Crippen LogP contribution in [-0.2, 0) is 13.1 Å². The maximum absolute atomic E-state index is 5.99. The van der Waals surface area contributed by atoms with Gasteiger partial charge >= 0.3 is 0 Å². The van der Waals surface area contributed by atoms with E-state index in [0.717, 1.165) is 37.6 Å². The van der Waals surface area contributed by atoms with Crippen LogP contribution < -0.4 is 5.32 Å². The van der Waals surface area contributed by atoms with E-state index in [2.05, 4.69) is 41.9 Å². The Morgan fingerprint density at radius 1 is 1.37 bits per heavy atom. The summed E-state index contributed by atoms with van der Waals surface area (Å²) in [4.78, 5) is 2.52. The maximum Gasteiger partial charge on any atom is 0.120 e. The van der Waals surface area contributed by atoms with Crippen molar-refractivity contribution in [3.63, 3.8) is 0 Å². The monoisotopic (exact) mass is 282 g/mol. The van der Waals surface area contributed by atoms with Gasteiger partial charge in [-0.05, 0) is 50.2 Å². The van der Waals surface area contributed by atoms with E-state index in [0.29, 0.717) is 0 Å². The van der Waals surface area contributed by atoms with Crippen LogP contribution in [0, 0.1) is 6.92 Å². The minimum absolute atomic E-state index is 0.857. The third-order valence-electron chi connectivity index (χ3n) is 3.48. The molecule has 1 aliphatic heterocycles. The SMILES string of the molecule is CCCNCc1oc(CN2CCCSCC2)cc1C. The van der Waals surface area contributed by atoms with Crippen LogP contribution in [0.1, 0.15) is 36.8 Å². The van der Waals surface area contributed by atoms with Crippen molar-refractivity contribution in [2.45, 2.75) is 39.8 Å². The van der Waals surface area contributed by atoms with E-state index in [1.807, 2.05) is 0 Å². The molecule has 0 unspecified atom stereocenters. The summed E-state index contributed by atoms with van der Waals surface area (Å²) in [7, 11) is 0. The first-order valence-electron chi connectivity index (χ1n) is 7.38. The Hall–Kier alpha value is -0.450. The van der Waals surface area contributed by atoms with E-state index < -0.39 is 0 Å². The molecular formula is C15H26N2OS. The standard InChI is InChI=1S/C15H26N2OS/c1-3-5-16-11-15-13(2)10-14(18-15)12-17-6-4-8-19-9-7-17/h10,16H,3-9,11-12H2,1-2H3. The van der Waals surface area contributed by atoms with Crippen LogP contribution in [0.4, 0.5) is 0 Å². The molecule has 3 nitrogen and oxygen atoms in total. The fourth-order valence-electron chi connectivity index (χ4n) is 2.40. The number of aryl methyl sites for hydroxylation is 1. The Bertz CT molecular complexity index is 370. The number of nitrogens with zero attached hydrogens (tertiary/aromatic N) is 1. The van der Waals surface area contributed by atoms with Gasteiger partial charge in [0.05, 0.1) is 13.1 Å². The Morgan fingerprint density at radius 2 is 2.26 bits per heavy atom. The smallest absolute Gasteiger partial charge is 0.120 e. The van der Waals surface area contributed by atoms with Gasteiger partial charge in [-0.25, -0.2) is 0 Å². The number of rotatable bonds is 6. The number of hydrogen-bond acceptors (Lipinski definition) is 4. The number of thioether (sulfide) groups is 1. The first-order chi connectivity index (χ1) is 9.29. The second kappa shape index (κ2) is 7.98. The van der Waals surface area contributed by atoms with Crippen LogP contribution in [0.25, 0.3) is 0 Å². The lowest BCUT2D eigenvalue weighted by Crippen LogP contribution is -2.25. The Kier molecular flexibility index (Phi) is 6.28. The van der Waals surface area contributed by atoms with Gasteiger partial charge in [-0.2, -0.15) is 11.8 Å². The van der Waals surface area contributed by atoms with E-state index in [-0.39, 0.29) is 0 Å². The van der Waals surface area contributed by atoms with Gasteiger partial charge < -0.3 is 9.73 Å². The van der Waals surface area contributed by atoms with Gasteiger partial charge in [0, 0.05) is 12.3 Å². The Morgan fingerprint density at radius 3 is 3.11 bits per heavy atom. The molecule has 2 rings (SSSR count). The highest BCUT2D eigenvalue weighted by atomic mass is 32.2. The van der Waals surface area contributed by atoms with Gasteiger partial charge in [0.2, 0.25) is 0 Å². The molecule has 1 N–H and O–H groups in total. The maximum atomic E-state index is 5.99. The second-order valence-electron chi connectivity index (χ2n) is 5.24. The molecule has 1 aliphatic rings. The molecule has 2 heterocycles. The summed E-state index contributed by atoms with van der Waals surface area (Å²) in [6.45, 7) is 9.60. The number of furan rings is 1. The molecule has 1 aromatic rings. The predicted molar refractivity (Wildman–Crippen MR) is 82.7 cm³/mol. The summed E-state index contributed by atoms with van der Waals surface area (Å²) in [5.74, 6) is 4.79. The van der Waals surface area contributed by atoms with Crippen LogP contribution >= 0.6 is 11.8 Å². The van der Waals surface area contributed by atoms with E-state index in [1.54, 1.807) is 0 Å². The molecule has 0 atom stereocenters. The van der Waals surface area contributed by atoms with Crippen molar-refractivity contribution in [3.8, 4) is 0 Å². The van der Waals surface area contributed by atoms with Crippen LogP contribution in [0.2, 0.25) is 0 Å². The minimum atomic E-state index is 0.857. The summed E-state index contributed by atoms with van der Waals surface area (Å²) in [6.07, 6.45) is 2.47. The zero-order chi connectivity index (χ0) is 13.5. The van der Waals surface area contributed by atoms with Crippen LogP contribution in [0.5, 0.6) is 0 Å². The summed E-state index contributed by atoms with van der Waals surface area (Å²) >= 11 is 2.07. The summed E-state index contributed by atoms with van der Waals surface area (Å²) < 4.78 is 5.99. The first-order valence-corrected chi connectivity index (χ1v) is 8.54. The van der Waals surface area contributed by atoms with Gasteiger partial charge in [0.25, 0.3) is 0 Å². The fourth-order valence-corrected chi connectivity index (χ4v) is 3.32. The van der Waals surface area contributed by atoms with Crippen molar-refractivity contribution >= 4 is 11.8 Å². The van der Waals surface area contributed by atoms with E-state index in [9.17, 15) is 0 Å². The van der Waals surface area contributed by atoms with Crippen LogP contribution in [-0.4, -0.2) is 36.0 Å². The lowest BCUT2D eigenvalue weighted by atomic mass is 10.2. The lowest BCUT2D eigenvalue weighted by Gasteiger charge is -2.17. The van der Waals surface area contributed by atoms with Crippen molar-refractivity contribution in [2.24, 2.45) is 0 Å². The zero-order valence-electron chi connectivity index (χ0n) is 12.2. The molecule has 1 aromatic heterocycles. The van der Waals surface area contributed by atoms with Crippen molar-refractivity contribution < 1.29 is 4.42 Å². The van der Waals surface area contributed by atoms with Crippen molar-refractivity contribution in [3.05, 3.63) is 23.2 Å². The molecule has 0 amide bonds. The highest BCUT2D eigenvalue weighted by Crippen LogP contribution is 2.18. The largest absolute Gasteiger partial charge is 0.463 e. The van der Waals surface area contributed by atoms with Gasteiger partial charge in [-0.3, -0.25) is 4.90 Å². The molecule has 4 heteroatoms. The zero-order valence-corrected chi connectivity index (χ0v) is 13.0. The molecule has 0 aromatic carbocycles. The van der Waals surface area contributed by atoms with Crippen molar-refractivity contribution in [1.82, 2.24) is 10.2 Å². The quantitative estimate of drug-likeness (QED) is 0.812. The molecule has 0 aliphatic carbocycles. The second-order valence-corrected chi connectivity index (χ2v) is 6.46. The van der Waals surface area contributed by atoms with Gasteiger partial charge in [0.15, 0.2) is 0 Å². The van der Waals surface area contributed by atoms with Crippen molar-refractivity contribution in [2.75, 3.05) is 31.1 Å². The molecule has 1 fully saturated rings. The van der Waals surface area contributed by atoms with Gasteiger partial charge in [-0.15, -0.1) is 0 Å². The summed E-state index contributed by atoms with van der Waals surface area (Å²) in [5, 5.41) is 3.41. The number of hydrogen-bond donors (Lipinski definition) is 1. The third kappa shape index (κ3) is 4.86. The topological polar surface area (TPSA) is 28.4 Å². The van der Waals surface area contributed by atoms with Gasteiger partial charge in [-0.1, -0.05) is 6.92 Å². The van der Waals surface area contributed by atoms with Crippen LogP contribution in [0.3, 0.4) is 0 Å². The Labute approximate surface area is 121 Å². The van der Waals surface area contributed by atoms with Crippen molar-refractivity contribution in [1.29, 1.82) is 0 Å². The molecule has 0 saturated carbocycles. The molecule has 0 radical (unpaired) electrons. The molecule has 0 spiro atoms. The minimum Gasteiger partial charge on any atom is -0.463 e.